The third kappa shape index (κ3) is 5.72. The summed E-state index contributed by atoms with van der Waals surface area (Å²) in [5, 5.41) is 6.58. The lowest BCUT2D eigenvalue weighted by Crippen LogP contribution is -2.39. The highest BCUT2D eigenvalue weighted by Gasteiger charge is 2.34. The van der Waals surface area contributed by atoms with Crippen LogP contribution in [0, 0.1) is 0 Å². The molecule has 2 aliphatic rings. The van der Waals surface area contributed by atoms with Gasteiger partial charge in [-0.1, -0.05) is 30.5 Å². The second kappa shape index (κ2) is 9.34. The molecule has 0 bridgehead atoms. The maximum absolute atomic E-state index is 12.9. The van der Waals surface area contributed by atoms with E-state index < -0.39 is 32.8 Å². The average Bonchev–Trinajstić information content (AvgIpc) is 2.73. The largest absolute Gasteiger partial charge is 0.433 e. The van der Waals surface area contributed by atoms with Gasteiger partial charge in [0.2, 0.25) is 10.0 Å². The summed E-state index contributed by atoms with van der Waals surface area (Å²) in [5.41, 5.74) is -0.482. The first-order valence-electron chi connectivity index (χ1n) is 9.87. The first-order chi connectivity index (χ1) is 14.2. The number of piperidine rings is 1. The normalized spacial score (nSPS) is 19.4. The molecule has 0 radical (unpaired) electrons. The molecule has 1 saturated heterocycles. The van der Waals surface area contributed by atoms with Crippen LogP contribution in [0.5, 0.6) is 0 Å². The number of nitrogens with zero attached hydrogens (tertiary/aromatic N) is 2. The van der Waals surface area contributed by atoms with Gasteiger partial charge in [-0.2, -0.15) is 17.5 Å². The number of benzene rings is 1. The SMILES string of the molecule is O=C(NC1CCCCC1)ON=C1CCN(S(=O)(=O)c2cccc(C(F)(F)F)c2)CC1. The van der Waals surface area contributed by atoms with Crippen molar-refractivity contribution in [3.8, 4) is 0 Å². The highest BCUT2D eigenvalue weighted by Crippen LogP contribution is 2.31. The Balaban J connectivity index is 1.55. The van der Waals surface area contributed by atoms with Gasteiger partial charge < -0.3 is 5.32 Å². The maximum Gasteiger partial charge on any atom is 0.433 e. The lowest BCUT2D eigenvalue weighted by atomic mass is 9.96. The predicted molar refractivity (Wildman–Crippen MR) is 103 cm³/mol. The van der Waals surface area contributed by atoms with Crippen LogP contribution in [0.4, 0.5) is 18.0 Å². The summed E-state index contributed by atoms with van der Waals surface area (Å²) in [7, 11) is -4.06. The molecule has 2 fully saturated rings. The topological polar surface area (TPSA) is 88.1 Å². The summed E-state index contributed by atoms with van der Waals surface area (Å²) < 4.78 is 65.1. The summed E-state index contributed by atoms with van der Waals surface area (Å²) in [6.07, 6.45) is 0.323. The first kappa shape index (κ1) is 22.5. The van der Waals surface area contributed by atoms with Crippen molar-refractivity contribution in [3.05, 3.63) is 29.8 Å². The zero-order valence-electron chi connectivity index (χ0n) is 16.3. The van der Waals surface area contributed by atoms with E-state index in [9.17, 15) is 26.4 Å². The quantitative estimate of drug-likeness (QED) is 0.560. The number of carbonyl (C=O) groups is 1. The van der Waals surface area contributed by atoms with Crippen molar-refractivity contribution in [3.63, 3.8) is 0 Å². The van der Waals surface area contributed by atoms with Gasteiger partial charge in [0.05, 0.1) is 16.2 Å². The zero-order chi connectivity index (χ0) is 21.8. The molecule has 7 nitrogen and oxygen atoms in total. The van der Waals surface area contributed by atoms with Gasteiger partial charge in [0.25, 0.3) is 0 Å². The maximum atomic E-state index is 12.9. The Morgan fingerprint density at radius 2 is 1.80 bits per heavy atom. The van der Waals surface area contributed by atoms with Gasteiger partial charge in [0, 0.05) is 32.0 Å². The molecule has 30 heavy (non-hydrogen) atoms. The Kier molecular flexibility index (Phi) is 7.02. The molecule has 0 atom stereocenters. The van der Waals surface area contributed by atoms with Crippen LogP contribution in [0.3, 0.4) is 0 Å². The molecule has 1 aromatic carbocycles. The summed E-state index contributed by atoms with van der Waals surface area (Å²) >= 11 is 0. The molecule has 1 heterocycles. The van der Waals surface area contributed by atoms with Crippen molar-refractivity contribution in [1.82, 2.24) is 9.62 Å². The highest BCUT2D eigenvalue weighted by molar-refractivity contribution is 7.89. The van der Waals surface area contributed by atoms with Gasteiger partial charge in [-0.3, -0.25) is 4.84 Å². The van der Waals surface area contributed by atoms with Crippen molar-refractivity contribution >= 4 is 21.8 Å². The van der Waals surface area contributed by atoms with Gasteiger partial charge >= 0.3 is 12.3 Å². The number of carbonyl (C=O) groups excluding carboxylic acids is 1. The Bertz CT molecular complexity index is 887. The van der Waals surface area contributed by atoms with Crippen LogP contribution in [0.2, 0.25) is 0 Å². The summed E-state index contributed by atoms with van der Waals surface area (Å²) in [6, 6.07) is 3.77. The van der Waals surface area contributed by atoms with Gasteiger partial charge in [0.15, 0.2) is 0 Å². The van der Waals surface area contributed by atoms with E-state index >= 15 is 0 Å². The van der Waals surface area contributed by atoms with Crippen molar-refractivity contribution in [2.24, 2.45) is 5.16 Å². The van der Waals surface area contributed by atoms with Crippen LogP contribution in [0.15, 0.2) is 34.3 Å². The molecular formula is C19H24F3N3O4S. The Labute approximate surface area is 173 Å². The lowest BCUT2D eigenvalue weighted by molar-refractivity contribution is -0.137. The van der Waals surface area contributed by atoms with Crippen LogP contribution in [0.1, 0.15) is 50.5 Å². The van der Waals surface area contributed by atoms with Gasteiger partial charge in [-0.25, -0.2) is 13.2 Å². The monoisotopic (exact) mass is 447 g/mol. The van der Waals surface area contributed by atoms with Crippen molar-refractivity contribution < 1.29 is 31.2 Å². The summed E-state index contributed by atoms with van der Waals surface area (Å²) in [5.74, 6) is 0. The molecule has 1 aromatic rings. The fraction of sp³-hybridized carbons (Fsp3) is 0.579. The molecule has 166 valence electrons. The van der Waals surface area contributed by atoms with E-state index in [-0.39, 0.29) is 32.0 Å². The summed E-state index contributed by atoms with van der Waals surface area (Å²) in [6.45, 7) is 0.0933. The van der Waals surface area contributed by atoms with Crippen LogP contribution in [0.25, 0.3) is 0 Å². The number of alkyl halides is 3. The number of sulfonamides is 1. The number of nitrogens with one attached hydrogen (secondary N) is 1. The Morgan fingerprint density at radius 1 is 1.13 bits per heavy atom. The molecule has 1 aliphatic heterocycles. The predicted octanol–water partition coefficient (Wildman–Crippen LogP) is 3.90. The van der Waals surface area contributed by atoms with Gasteiger partial charge in [0.1, 0.15) is 0 Å². The lowest BCUT2D eigenvalue weighted by Gasteiger charge is -2.27. The summed E-state index contributed by atoms with van der Waals surface area (Å²) in [4.78, 5) is 16.3. The van der Waals surface area contributed by atoms with E-state index in [4.69, 9.17) is 4.84 Å². The molecule has 0 spiro atoms. The molecule has 3 rings (SSSR count). The van der Waals surface area contributed by atoms with Crippen molar-refractivity contribution in [2.75, 3.05) is 13.1 Å². The number of amides is 1. The highest BCUT2D eigenvalue weighted by atomic mass is 32.2. The molecule has 1 saturated carbocycles. The number of oxime groups is 1. The average molecular weight is 447 g/mol. The number of hydrogen-bond donors (Lipinski definition) is 1. The van der Waals surface area contributed by atoms with E-state index in [1.165, 1.54) is 0 Å². The minimum absolute atomic E-state index is 0.0466. The van der Waals surface area contributed by atoms with E-state index in [0.717, 1.165) is 54.6 Å². The fourth-order valence-electron chi connectivity index (χ4n) is 3.60. The zero-order valence-corrected chi connectivity index (χ0v) is 17.1. The van der Waals surface area contributed by atoms with Gasteiger partial charge in [-0.05, 0) is 31.0 Å². The standard InChI is InChI=1S/C19H24F3N3O4S/c20-19(21,22)14-5-4-8-17(13-14)30(27,28)25-11-9-16(10-12-25)24-29-18(26)23-15-6-2-1-3-7-15/h4-5,8,13,15H,1-3,6-7,9-12H2,(H,23,26). The molecule has 1 aliphatic carbocycles. The third-order valence-electron chi connectivity index (χ3n) is 5.28. The Morgan fingerprint density at radius 3 is 2.43 bits per heavy atom. The molecule has 1 N–H and O–H groups in total. The van der Waals surface area contributed by atoms with Crippen molar-refractivity contribution in [1.29, 1.82) is 0 Å². The van der Waals surface area contributed by atoms with Gasteiger partial charge in [-0.15, -0.1) is 0 Å². The van der Waals surface area contributed by atoms with E-state index in [0.29, 0.717) is 11.8 Å². The Hall–Kier alpha value is -2.14. The number of halogens is 3. The fourth-order valence-corrected chi connectivity index (χ4v) is 5.09. The second-order valence-electron chi connectivity index (χ2n) is 7.45. The van der Waals surface area contributed by atoms with Crippen molar-refractivity contribution in [2.45, 2.75) is 62.1 Å². The third-order valence-corrected chi connectivity index (χ3v) is 7.18. The molecular weight excluding hydrogens is 423 g/mol. The first-order valence-corrected chi connectivity index (χ1v) is 11.3. The van der Waals surface area contributed by atoms with E-state index in [1.54, 1.807) is 0 Å². The molecule has 11 heteroatoms. The molecule has 0 unspecified atom stereocenters. The molecule has 1 amide bonds. The van der Waals surface area contributed by atoms with Crippen LogP contribution >= 0.6 is 0 Å². The van der Waals surface area contributed by atoms with Crippen LogP contribution < -0.4 is 5.32 Å². The van der Waals surface area contributed by atoms with E-state index in [1.807, 2.05) is 0 Å². The van der Waals surface area contributed by atoms with Crippen LogP contribution in [-0.2, 0) is 21.0 Å². The minimum atomic E-state index is -4.62. The molecule has 0 aromatic heterocycles. The second-order valence-corrected chi connectivity index (χ2v) is 9.38. The van der Waals surface area contributed by atoms with E-state index in [2.05, 4.69) is 10.5 Å². The minimum Gasteiger partial charge on any atom is -0.317 e. The van der Waals surface area contributed by atoms with Crippen LogP contribution in [-0.4, -0.2) is 43.7 Å². The number of rotatable bonds is 4. The smallest absolute Gasteiger partial charge is 0.317 e. The number of hydrogen-bond acceptors (Lipinski definition) is 5.